The average Bonchev–Trinajstić information content (AvgIpc) is 2.50. The van der Waals surface area contributed by atoms with Crippen LogP contribution in [0.4, 0.5) is 5.69 Å². The monoisotopic (exact) mass is 379 g/mol. The van der Waals surface area contributed by atoms with Gasteiger partial charge in [-0.15, -0.1) is 0 Å². The molecule has 1 aliphatic carbocycles. The van der Waals surface area contributed by atoms with Crippen molar-refractivity contribution < 1.29 is 4.74 Å². The standard InChI is InChI=1S/C16H22BrN5O/c1-2-23-13-7-6-11(17)10-12(13)22-15(19)20-14(18)21-16(22)8-4-3-5-9-16/h6-7,10H,2-5,8-9H2,1H3,(H4,18,19,20,21). The Kier molecular flexibility index (Phi) is 4.48. The van der Waals surface area contributed by atoms with E-state index in [0.29, 0.717) is 12.6 Å². The van der Waals surface area contributed by atoms with Gasteiger partial charge in [0, 0.05) is 4.47 Å². The zero-order valence-corrected chi connectivity index (χ0v) is 14.8. The molecule has 1 aromatic rings. The zero-order chi connectivity index (χ0) is 16.4. The van der Waals surface area contributed by atoms with Gasteiger partial charge in [-0.3, -0.25) is 4.90 Å². The molecular weight excluding hydrogens is 358 g/mol. The summed E-state index contributed by atoms with van der Waals surface area (Å²) in [7, 11) is 0. The number of hydrogen-bond donors (Lipinski definition) is 2. The van der Waals surface area contributed by atoms with Gasteiger partial charge in [-0.1, -0.05) is 22.4 Å². The second-order valence-electron chi connectivity index (χ2n) is 5.86. The first-order valence-corrected chi connectivity index (χ1v) is 8.77. The molecule has 3 rings (SSSR count). The average molecular weight is 380 g/mol. The van der Waals surface area contributed by atoms with Gasteiger partial charge in [0.25, 0.3) is 0 Å². The van der Waals surface area contributed by atoms with Crippen LogP contribution >= 0.6 is 15.9 Å². The number of nitrogens with zero attached hydrogens (tertiary/aromatic N) is 3. The summed E-state index contributed by atoms with van der Waals surface area (Å²) >= 11 is 3.53. The number of benzene rings is 1. The second-order valence-corrected chi connectivity index (χ2v) is 6.78. The van der Waals surface area contributed by atoms with Crippen molar-refractivity contribution in [2.24, 2.45) is 21.5 Å². The van der Waals surface area contributed by atoms with E-state index in [1.807, 2.05) is 30.0 Å². The maximum Gasteiger partial charge on any atom is 0.220 e. The van der Waals surface area contributed by atoms with Crippen molar-refractivity contribution in [2.45, 2.75) is 44.7 Å². The third-order valence-corrected chi connectivity index (χ3v) is 4.81. The maximum absolute atomic E-state index is 6.27. The first-order valence-electron chi connectivity index (χ1n) is 7.98. The highest BCUT2D eigenvalue weighted by molar-refractivity contribution is 9.10. The van der Waals surface area contributed by atoms with Gasteiger partial charge in [0.2, 0.25) is 11.9 Å². The van der Waals surface area contributed by atoms with Crippen LogP contribution in [0.2, 0.25) is 0 Å². The number of halogens is 1. The Morgan fingerprint density at radius 3 is 2.70 bits per heavy atom. The van der Waals surface area contributed by atoms with Crippen molar-refractivity contribution in [3.8, 4) is 5.75 Å². The van der Waals surface area contributed by atoms with E-state index < -0.39 is 5.66 Å². The highest BCUT2D eigenvalue weighted by Crippen LogP contribution is 2.43. The van der Waals surface area contributed by atoms with E-state index in [9.17, 15) is 0 Å². The fourth-order valence-corrected chi connectivity index (χ4v) is 3.76. The molecule has 0 unspecified atom stereocenters. The Morgan fingerprint density at radius 2 is 2.00 bits per heavy atom. The highest BCUT2D eigenvalue weighted by Gasteiger charge is 2.43. The molecule has 6 nitrogen and oxygen atoms in total. The number of ether oxygens (including phenoxy) is 1. The van der Waals surface area contributed by atoms with Gasteiger partial charge in [-0.05, 0) is 50.8 Å². The summed E-state index contributed by atoms with van der Waals surface area (Å²) in [5.74, 6) is 1.40. The second kappa shape index (κ2) is 6.39. The molecule has 0 aromatic heterocycles. The molecule has 1 fully saturated rings. The van der Waals surface area contributed by atoms with Crippen LogP contribution < -0.4 is 21.1 Å². The maximum atomic E-state index is 6.27. The molecular formula is C16H22BrN5O. The first-order chi connectivity index (χ1) is 11.1. The Morgan fingerprint density at radius 1 is 1.26 bits per heavy atom. The summed E-state index contributed by atoms with van der Waals surface area (Å²) in [4.78, 5) is 10.9. The fourth-order valence-electron chi connectivity index (χ4n) is 3.41. The van der Waals surface area contributed by atoms with Crippen molar-refractivity contribution in [1.29, 1.82) is 0 Å². The van der Waals surface area contributed by atoms with Crippen LogP contribution in [0.5, 0.6) is 5.75 Å². The summed E-state index contributed by atoms with van der Waals surface area (Å²) in [5, 5.41) is 0. The number of aliphatic imine (C=N–C) groups is 2. The van der Waals surface area contributed by atoms with Gasteiger partial charge in [0.1, 0.15) is 11.4 Å². The number of guanidine groups is 2. The lowest BCUT2D eigenvalue weighted by Gasteiger charge is -2.46. The van der Waals surface area contributed by atoms with E-state index in [-0.39, 0.29) is 5.96 Å². The molecule has 4 N–H and O–H groups in total. The van der Waals surface area contributed by atoms with Crippen molar-refractivity contribution in [3.05, 3.63) is 22.7 Å². The van der Waals surface area contributed by atoms with Crippen LogP contribution in [0.1, 0.15) is 39.0 Å². The minimum atomic E-state index is -0.458. The molecule has 124 valence electrons. The minimum Gasteiger partial charge on any atom is -0.492 e. The number of anilines is 1. The van der Waals surface area contributed by atoms with Crippen LogP contribution in [-0.2, 0) is 0 Å². The van der Waals surface area contributed by atoms with E-state index in [1.54, 1.807) is 0 Å². The lowest BCUT2D eigenvalue weighted by atomic mass is 9.87. The lowest BCUT2D eigenvalue weighted by molar-refractivity contribution is 0.299. The van der Waals surface area contributed by atoms with Crippen LogP contribution in [0.3, 0.4) is 0 Å². The Hall–Kier alpha value is -1.76. The van der Waals surface area contributed by atoms with Gasteiger partial charge in [-0.2, -0.15) is 4.99 Å². The SMILES string of the molecule is CCOc1ccc(Br)cc1N1C(N)=NC(N)=NC12CCCCC2. The van der Waals surface area contributed by atoms with Gasteiger partial charge in [-0.25, -0.2) is 4.99 Å². The number of rotatable bonds is 3. The quantitative estimate of drug-likeness (QED) is 0.844. The highest BCUT2D eigenvalue weighted by atomic mass is 79.9. The molecule has 0 bridgehead atoms. The van der Waals surface area contributed by atoms with Crippen molar-refractivity contribution in [2.75, 3.05) is 11.5 Å². The van der Waals surface area contributed by atoms with E-state index in [0.717, 1.165) is 41.6 Å². The summed E-state index contributed by atoms with van der Waals surface area (Å²) < 4.78 is 6.76. The molecule has 23 heavy (non-hydrogen) atoms. The van der Waals surface area contributed by atoms with Crippen LogP contribution in [-0.4, -0.2) is 24.2 Å². The molecule has 0 atom stereocenters. The van der Waals surface area contributed by atoms with E-state index in [1.165, 1.54) is 6.42 Å². The van der Waals surface area contributed by atoms with E-state index >= 15 is 0 Å². The molecule has 0 amide bonds. The summed E-state index contributed by atoms with van der Waals surface area (Å²) in [6.45, 7) is 2.55. The third-order valence-electron chi connectivity index (χ3n) is 4.31. The summed E-state index contributed by atoms with van der Waals surface area (Å²) in [5.41, 5.74) is 12.6. The smallest absolute Gasteiger partial charge is 0.220 e. The van der Waals surface area contributed by atoms with Crippen LogP contribution in [0.15, 0.2) is 32.7 Å². The van der Waals surface area contributed by atoms with Crippen molar-refractivity contribution in [3.63, 3.8) is 0 Å². The Bertz CT molecular complexity index is 652. The molecule has 0 radical (unpaired) electrons. The summed E-state index contributed by atoms with van der Waals surface area (Å²) in [6, 6.07) is 5.89. The van der Waals surface area contributed by atoms with Crippen LogP contribution in [0, 0.1) is 0 Å². The molecule has 7 heteroatoms. The molecule has 2 aliphatic rings. The van der Waals surface area contributed by atoms with E-state index in [2.05, 4.69) is 20.9 Å². The van der Waals surface area contributed by atoms with Crippen molar-refractivity contribution >= 4 is 33.5 Å². The normalized spacial score (nSPS) is 20.2. The topological polar surface area (TPSA) is 89.2 Å². The summed E-state index contributed by atoms with van der Waals surface area (Å²) in [6.07, 6.45) is 5.21. The van der Waals surface area contributed by atoms with Gasteiger partial charge in [0.15, 0.2) is 0 Å². The van der Waals surface area contributed by atoms with E-state index in [4.69, 9.17) is 21.2 Å². The molecule has 1 aromatic carbocycles. The fraction of sp³-hybridized carbons (Fsp3) is 0.500. The lowest BCUT2D eigenvalue weighted by Crippen LogP contribution is -2.58. The molecule has 1 aliphatic heterocycles. The molecule has 1 heterocycles. The third kappa shape index (κ3) is 3.02. The van der Waals surface area contributed by atoms with Crippen LogP contribution in [0.25, 0.3) is 0 Å². The molecule has 1 saturated carbocycles. The van der Waals surface area contributed by atoms with Gasteiger partial charge >= 0.3 is 0 Å². The molecule has 1 spiro atoms. The first kappa shape index (κ1) is 16.1. The number of hydrogen-bond acceptors (Lipinski definition) is 6. The zero-order valence-electron chi connectivity index (χ0n) is 13.3. The Labute approximate surface area is 144 Å². The predicted octanol–water partition coefficient (Wildman–Crippen LogP) is 2.96. The largest absolute Gasteiger partial charge is 0.492 e. The van der Waals surface area contributed by atoms with Gasteiger partial charge in [0.05, 0.1) is 12.3 Å². The minimum absolute atomic E-state index is 0.258. The van der Waals surface area contributed by atoms with Gasteiger partial charge < -0.3 is 16.2 Å². The molecule has 0 saturated heterocycles. The number of nitrogens with two attached hydrogens (primary N) is 2. The van der Waals surface area contributed by atoms with Crippen molar-refractivity contribution in [1.82, 2.24) is 0 Å². The Balaban J connectivity index is 2.12. The predicted molar refractivity (Wildman–Crippen MR) is 96.9 cm³/mol.